The predicted octanol–water partition coefficient (Wildman–Crippen LogP) is 3.69. The van der Waals surface area contributed by atoms with Crippen molar-refractivity contribution in [2.24, 2.45) is 5.10 Å². The van der Waals surface area contributed by atoms with E-state index in [9.17, 15) is 9.59 Å². The minimum absolute atomic E-state index is 0.0404. The summed E-state index contributed by atoms with van der Waals surface area (Å²) in [5.74, 6) is 1.46. The van der Waals surface area contributed by atoms with E-state index in [1.165, 1.54) is 6.42 Å². The van der Waals surface area contributed by atoms with Gasteiger partial charge in [0.25, 0.3) is 11.8 Å². The van der Waals surface area contributed by atoms with E-state index in [0.29, 0.717) is 17.1 Å². The van der Waals surface area contributed by atoms with Gasteiger partial charge in [-0.1, -0.05) is 6.07 Å². The third kappa shape index (κ3) is 3.97. The number of aryl methyl sites for hydroxylation is 1. The molecule has 7 nitrogen and oxygen atoms in total. The van der Waals surface area contributed by atoms with E-state index in [-0.39, 0.29) is 11.8 Å². The maximum absolute atomic E-state index is 13.0. The molecular weight excluding hydrogens is 382 g/mol. The number of methoxy groups -OCH3 is 1. The molecule has 0 atom stereocenters. The first-order valence-electron chi connectivity index (χ1n) is 10.5. The summed E-state index contributed by atoms with van der Waals surface area (Å²) in [6.45, 7) is 3.46. The molecule has 7 heteroatoms. The Morgan fingerprint density at radius 1 is 1.13 bits per heavy atom. The number of rotatable bonds is 4. The van der Waals surface area contributed by atoms with Crippen LogP contribution in [0.15, 0.2) is 33.8 Å². The number of benzene rings is 1. The third-order valence-corrected chi connectivity index (χ3v) is 5.79. The summed E-state index contributed by atoms with van der Waals surface area (Å²) in [5, 5.41) is 4.39. The number of likely N-dealkylation sites (tertiary alicyclic amines) is 1. The van der Waals surface area contributed by atoms with Gasteiger partial charge in [-0.05, 0) is 57.2 Å². The fourth-order valence-corrected chi connectivity index (χ4v) is 4.17. The summed E-state index contributed by atoms with van der Waals surface area (Å²) >= 11 is 0. The molecule has 2 heterocycles. The number of hydrogen-bond acceptors (Lipinski definition) is 5. The van der Waals surface area contributed by atoms with Crippen LogP contribution in [-0.2, 0) is 6.42 Å². The number of fused-ring (bicyclic) bond motifs is 1. The summed E-state index contributed by atoms with van der Waals surface area (Å²) in [5.41, 5.74) is 5.56. The van der Waals surface area contributed by atoms with Gasteiger partial charge in [-0.15, -0.1) is 0 Å². The molecule has 2 aliphatic rings. The molecule has 0 saturated carbocycles. The molecule has 0 unspecified atom stereocenters. The number of nitrogens with zero attached hydrogens (tertiary/aromatic N) is 2. The lowest BCUT2D eigenvalue weighted by Crippen LogP contribution is -2.35. The van der Waals surface area contributed by atoms with Crippen molar-refractivity contribution >= 4 is 17.5 Å². The zero-order valence-electron chi connectivity index (χ0n) is 17.5. The van der Waals surface area contributed by atoms with Crippen LogP contribution in [0.3, 0.4) is 0 Å². The van der Waals surface area contributed by atoms with Crippen molar-refractivity contribution in [1.29, 1.82) is 0 Å². The van der Waals surface area contributed by atoms with Gasteiger partial charge in [-0.3, -0.25) is 9.59 Å². The van der Waals surface area contributed by atoms with Crippen LogP contribution in [0.4, 0.5) is 0 Å². The average Bonchev–Trinajstić information content (AvgIpc) is 3.14. The van der Waals surface area contributed by atoms with Gasteiger partial charge in [-0.25, -0.2) is 5.43 Å². The van der Waals surface area contributed by atoms with Crippen LogP contribution < -0.4 is 10.2 Å². The molecule has 4 rings (SSSR count). The number of furan rings is 1. The summed E-state index contributed by atoms with van der Waals surface area (Å²) in [7, 11) is 1.56. The molecule has 1 saturated heterocycles. The van der Waals surface area contributed by atoms with Gasteiger partial charge in [0.15, 0.2) is 5.76 Å². The average molecular weight is 409 g/mol. The van der Waals surface area contributed by atoms with Crippen LogP contribution in [-0.4, -0.2) is 42.6 Å². The fourth-order valence-electron chi connectivity index (χ4n) is 4.17. The topological polar surface area (TPSA) is 84.1 Å². The van der Waals surface area contributed by atoms with Crippen molar-refractivity contribution in [2.75, 3.05) is 20.2 Å². The van der Waals surface area contributed by atoms with Crippen molar-refractivity contribution in [3.8, 4) is 5.75 Å². The predicted molar refractivity (Wildman–Crippen MR) is 113 cm³/mol. The maximum atomic E-state index is 13.0. The molecule has 1 N–H and O–H groups in total. The lowest BCUT2D eigenvalue weighted by atomic mass is 9.93. The molecule has 30 heavy (non-hydrogen) atoms. The highest BCUT2D eigenvalue weighted by molar-refractivity contribution is 6.07. The van der Waals surface area contributed by atoms with Crippen LogP contribution in [0.5, 0.6) is 5.75 Å². The zero-order valence-corrected chi connectivity index (χ0v) is 17.5. The Hall–Kier alpha value is -3.09. The molecule has 0 radical (unpaired) electrons. The molecular formula is C23H27N3O4. The molecule has 1 aromatic heterocycles. The van der Waals surface area contributed by atoms with Gasteiger partial charge in [0.05, 0.1) is 12.8 Å². The second-order valence-corrected chi connectivity index (χ2v) is 7.79. The number of hydrogen-bond donors (Lipinski definition) is 1. The Labute approximate surface area is 176 Å². The van der Waals surface area contributed by atoms with Crippen LogP contribution in [0.2, 0.25) is 0 Å². The van der Waals surface area contributed by atoms with Crippen molar-refractivity contribution in [1.82, 2.24) is 10.3 Å². The highest BCUT2D eigenvalue weighted by Gasteiger charge is 2.30. The van der Waals surface area contributed by atoms with Crippen molar-refractivity contribution in [3.63, 3.8) is 0 Å². The lowest BCUT2D eigenvalue weighted by molar-refractivity contribution is 0.0689. The van der Waals surface area contributed by atoms with Crippen LogP contribution in [0.1, 0.15) is 69.9 Å². The standard InChI is InChI=1S/C23H27N3O4/c1-15-20-18(24-25-22(27)16-8-6-9-17(14-16)29-2)10-7-11-19(20)30-21(15)23(28)26-12-4-3-5-13-26/h6,8-9,14H,3-5,7,10-13H2,1-2H3,(H,25,27)/b24-18+. The number of nitrogens with one attached hydrogen (secondary N) is 1. The Morgan fingerprint density at radius 3 is 2.70 bits per heavy atom. The van der Waals surface area contributed by atoms with E-state index >= 15 is 0 Å². The molecule has 2 amide bonds. The summed E-state index contributed by atoms with van der Waals surface area (Å²) in [4.78, 5) is 27.4. The van der Waals surface area contributed by atoms with E-state index in [1.807, 2.05) is 11.8 Å². The van der Waals surface area contributed by atoms with Crippen LogP contribution in [0, 0.1) is 6.92 Å². The summed E-state index contributed by atoms with van der Waals surface area (Å²) in [6, 6.07) is 6.92. The Kier molecular flexibility index (Phi) is 5.88. The number of hydrazone groups is 1. The summed E-state index contributed by atoms with van der Waals surface area (Å²) in [6.07, 6.45) is 5.60. The molecule has 1 aromatic carbocycles. The smallest absolute Gasteiger partial charge is 0.289 e. The Bertz CT molecular complexity index is 986. The van der Waals surface area contributed by atoms with Gasteiger partial charge < -0.3 is 14.1 Å². The van der Waals surface area contributed by atoms with Gasteiger partial charge in [-0.2, -0.15) is 5.10 Å². The Balaban J connectivity index is 1.56. The third-order valence-electron chi connectivity index (χ3n) is 5.79. The van der Waals surface area contributed by atoms with Gasteiger partial charge >= 0.3 is 0 Å². The number of piperidine rings is 1. The molecule has 0 spiro atoms. The maximum Gasteiger partial charge on any atom is 0.289 e. The van der Waals surface area contributed by atoms with Crippen molar-refractivity contribution < 1.29 is 18.7 Å². The fraction of sp³-hybridized carbons (Fsp3) is 0.435. The van der Waals surface area contributed by atoms with E-state index < -0.39 is 0 Å². The monoisotopic (exact) mass is 409 g/mol. The zero-order chi connectivity index (χ0) is 21.1. The van der Waals surface area contributed by atoms with E-state index in [1.54, 1.807) is 31.4 Å². The molecule has 1 aliphatic heterocycles. The second-order valence-electron chi connectivity index (χ2n) is 7.79. The molecule has 1 aliphatic carbocycles. The first-order chi connectivity index (χ1) is 14.6. The molecule has 1 fully saturated rings. The number of carbonyl (C=O) groups excluding carboxylic acids is 2. The minimum atomic E-state index is -0.306. The quantitative estimate of drug-likeness (QED) is 0.781. The first-order valence-corrected chi connectivity index (χ1v) is 10.5. The van der Waals surface area contributed by atoms with E-state index in [4.69, 9.17) is 9.15 Å². The molecule has 0 bridgehead atoms. The van der Waals surface area contributed by atoms with Gasteiger partial charge in [0.1, 0.15) is 11.5 Å². The van der Waals surface area contributed by atoms with Gasteiger partial charge in [0, 0.05) is 36.2 Å². The lowest BCUT2D eigenvalue weighted by Gasteiger charge is -2.25. The molecule has 2 aromatic rings. The SMILES string of the molecule is COc1cccc(C(=O)N/N=C2\CCCc3oc(C(=O)N4CCCCC4)c(C)c32)c1. The highest BCUT2D eigenvalue weighted by atomic mass is 16.5. The largest absolute Gasteiger partial charge is 0.497 e. The highest BCUT2D eigenvalue weighted by Crippen LogP contribution is 2.31. The number of carbonyl (C=O) groups is 2. The summed E-state index contributed by atoms with van der Waals surface area (Å²) < 4.78 is 11.2. The van der Waals surface area contributed by atoms with Crippen molar-refractivity contribution in [2.45, 2.75) is 45.4 Å². The number of amides is 2. The van der Waals surface area contributed by atoms with Crippen LogP contribution >= 0.6 is 0 Å². The second kappa shape index (κ2) is 8.73. The Morgan fingerprint density at radius 2 is 1.93 bits per heavy atom. The van der Waals surface area contributed by atoms with E-state index in [2.05, 4.69) is 10.5 Å². The van der Waals surface area contributed by atoms with Crippen molar-refractivity contribution in [3.05, 3.63) is 52.5 Å². The van der Waals surface area contributed by atoms with E-state index in [0.717, 1.165) is 67.8 Å². The molecule has 158 valence electrons. The normalized spacial score (nSPS) is 17.5. The first kappa shape index (κ1) is 20.2. The minimum Gasteiger partial charge on any atom is -0.497 e. The van der Waals surface area contributed by atoms with Gasteiger partial charge in [0.2, 0.25) is 0 Å². The number of ether oxygens (including phenoxy) is 1. The van der Waals surface area contributed by atoms with Crippen LogP contribution in [0.25, 0.3) is 0 Å².